The second-order valence-corrected chi connectivity index (χ2v) is 4.62. The Kier molecular flexibility index (Phi) is 3.17. The predicted molar refractivity (Wildman–Crippen MR) is 63.6 cm³/mol. The molecule has 1 aromatic rings. The summed E-state index contributed by atoms with van der Waals surface area (Å²) in [5.41, 5.74) is 3.24. The minimum atomic E-state index is -4.36. The molecule has 1 saturated carbocycles. The van der Waals surface area contributed by atoms with E-state index >= 15 is 0 Å². The first-order valence-corrected chi connectivity index (χ1v) is 6.09. The van der Waals surface area contributed by atoms with E-state index in [2.05, 4.69) is 10.6 Å². The zero-order valence-corrected chi connectivity index (χ0v) is 10.4. The second kappa shape index (κ2) is 4.86. The number of halogens is 3. The van der Waals surface area contributed by atoms with Gasteiger partial charge in [-0.1, -0.05) is 5.59 Å². The average molecular weight is 287 g/mol. The van der Waals surface area contributed by atoms with Crippen LogP contribution in [-0.4, -0.2) is 17.8 Å². The lowest BCUT2D eigenvalue weighted by Gasteiger charge is -2.17. The highest BCUT2D eigenvalue weighted by Crippen LogP contribution is 2.45. The molecule has 1 fully saturated rings. The van der Waals surface area contributed by atoms with Crippen LogP contribution in [0.5, 0.6) is 5.75 Å². The first-order chi connectivity index (χ1) is 9.53. The molecule has 2 heterocycles. The highest BCUT2D eigenvalue weighted by Gasteiger charge is 2.32. The van der Waals surface area contributed by atoms with Gasteiger partial charge in [-0.2, -0.15) is 13.2 Å². The molecule has 1 aliphatic heterocycles. The number of nitrogens with zero attached hydrogens (tertiary/aromatic N) is 2. The Morgan fingerprint density at radius 3 is 2.85 bits per heavy atom. The van der Waals surface area contributed by atoms with Crippen molar-refractivity contribution in [2.24, 2.45) is 0 Å². The number of ether oxygens (including phenoxy) is 1. The van der Waals surface area contributed by atoms with Gasteiger partial charge in [0.05, 0.1) is 6.20 Å². The van der Waals surface area contributed by atoms with Crippen LogP contribution in [0.3, 0.4) is 0 Å². The van der Waals surface area contributed by atoms with Crippen molar-refractivity contribution in [3.8, 4) is 5.75 Å². The third-order valence-electron chi connectivity index (χ3n) is 2.96. The van der Waals surface area contributed by atoms with Gasteiger partial charge >= 0.3 is 6.18 Å². The van der Waals surface area contributed by atoms with E-state index in [0.717, 1.165) is 18.4 Å². The van der Waals surface area contributed by atoms with Gasteiger partial charge in [0.25, 0.3) is 0 Å². The molecular formula is C12H12F3N3O2. The first kappa shape index (κ1) is 13.0. The summed E-state index contributed by atoms with van der Waals surface area (Å²) in [6.07, 6.45) is 2.06. The molecule has 0 atom stereocenters. The van der Waals surface area contributed by atoms with Crippen LogP contribution in [0, 0.1) is 0 Å². The second-order valence-electron chi connectivity index (χ2n) is 4.62. The number of hydrogen-bond acceptors (Lipinski definition) is 5. The van der Waals surface area contributed by atoms with E-state index in [1.165, 1.54) is 17.3 Å². The minimum Gasteiger partial charge on any atom is -0.484 e. The standard InChI is InChI=1S/C12H12F3N3O2/c13-12(14,15)7-19-10-5-11(18-3-4-20-17-18)16-6-9(10)8-1-2-8/h3-6,8,17H,1-2,7H2. The number of hydrogen-bond donors (Lipinski definition) is 1. The molecule has 2 aliphatic rings. The molecule has 1 aliphatic carbocycles. The van der Waals surface area contributed by atoms with E-state index < -0.39 is 12.8 Å². The van der Waals surface area contributed by atoms with Crippen LogP contribution in [0.25, 0.3) is 0 Å². The van der Waals surface area contributed by atoms with Crippen LogP contribution >= 0.6 is 0 Å². The molecule has 0 aromatic carbocycles. The number of rotatable bonds is 4. The maximum Gasteiger partial charge on any atom is 0.422 e. The van der Waals surface area contributed by atoms with Gasteiger partial charge in [-0.25, -0.2) is 9.99 Å². The number of aromatic nitrogens is 1. The molecule has 3 rings (SSSR count). The van der Waals surface area contributed by atoms with Crippen molar-refractivity contribution < 1.29 is 22.7 Å². The van der Waals surface area contributed by atoms with Gasteiger partial charge in [0.1, 0.15) is 12.0 Å². The van der Waals surface area contributed by atoms with E-state index in [4.69, 9.17) is 9.57 Å². The molecule has 0 unspecified atom stereocenters. The fourth-order valence-corrected chi connectivity index (χ4v) is 1.89. The van der Waals surface area contributed by atoms with Gasteiger partial charge in [-0.05, 0) is 18.8 Å². The van der Waals surface area contributed by atoms with Crippen molar-refractivity contribution in [3.05, 3.63) is 30.3 Å². The lowest BCUT2D eigenvalue weighted by atomic mass is 10.1. The molecule has 108 valence electrons. The Balaban J connectivity index is 1.83. The SMILES string of the molecule is FC(F)(F)COc1cc(N2C=CON2)ncc1C1CC1. The van der Waals surface area contributed by atoms with E-state index in [9.17, 15) is 13.2 Å². The largest absolute Gasteiger partial charge is 0.484 e. The summed E-state index contributed by atoms with van der Waals surface area (Å²) in [6, 6.07) is 1.48. The summed E-state index contributed by atoms with van der Waals surface area (Å²) in [5, 5.41) is 1.44. The molecule has 0 saturated heterocycles. The van der Waals surface area contributed by atoms with Crippen LogP contribution in [0.4, 0.5) is 19.0 Å². The Labute approximate surface area is 112 Å². The predicted octanol–water partition coefficient (Wildman–Crippen LogP) is 2.63. The van der Waals surface area contributed by atoms with E-state index in [1.807, 2.05) is 0 Å². The molecule has 0 bridgehead atoms. The van der Waals surface area contributed by atoms with Crippen LogP contribution in [0.1, 0.15) is 24.3 Å². The third-order valence-corrected chi connectivity index (χ3v) is 2.96. The Bertz CT molecular complexity index is 529. The number of hydrazine groups is 1. The fourth-order valence-electron chi connectivity index (χ4n) is 1.89. The normalized spacial score (nSPS) is 18.2. The molecule has 0 spiro atoms. The van der Waals surface area contributed by atoms with E-state index in [-0.39, 0.29) is 11.7 Å². The fraction of sp³-hybridized carbons (Fsp3) is 0.417. The molecule has 1 aromatic heterocycles. The van der Waals surface area contributed by atoms with Gasteiger partial charge in [0.2, 0.25) is 0 Å². The van der Waals surface area contributed by atoms with E-state index in [0.29, 0.717) is 5.82 Å². The average Bonchev–Trinajstić information content (AvgIpc) is 3.09. The molecule has 8 heteroatoms. The summed E-state index contributed by atoms with van der Waals surface area (Å²) in [7, 11) is 0. The Hall–Kier alpha value is -1.96. The summed E-state index contributed by atoms with van der Waals surface area (Å²) in [4.78, 5) is 8.99. The molecule has 0 radical (unpaired) electrons. The summed E-state index contributed by atoms with van der Waals surface area (Å²) >= 11 is 0. The van der Waals surface area contributed by atoms with Crippen LogP contribution in [0.2, 0.25) is 0 Å². The van der Waals surface area contributed by atoms with E-state index in [1.54, 1.807) is 12.4 Å². The Morgan fingerprint density at radius 2 is 2.25 bits per heavy atom. The Morgan fingerprint density at radius 1 is 1.45 bits per heavy atom. The molecule has 5 nitrogen and oxygen atoms in total. The molecule has 20 heavy (non-hydrogen) atoms. The smallest absolute Gasteiger partial charge is 0.422 e. The number of anilines is 1. The zero-order valence-electron chi connectivity index (χ0n) is 10.4. The highest BCUT2D eigenvalue weighted by molar-refractivity contribution is 5.50. The van der Waals surface area contributed by atoms with Gasteiger partial charge in [-0.15, -0.1) is 0 Å². The number of pyridine rings is 1. The quantitative estimate of drug-likeness (QED) is 0.922. The number of alkyl halides is 3. The monoisotopic (exact) mass is 287 g/mol. The van der Waals surface area contributed by atoms with Crippen molar-refractivity contribution in [1.82, 2.24) is 10.6 Å². The maximum atomic E-state index is 12.3. The molecular weight excluding hydrogens is 275 g/mol. The lowest BCUT2D eigenvalue weighted by Crippen LogP contribution is -2.28. The lowest BCUT2D eigenvalue weighted by molar-refractivity contribution is -0.153. The topological polar surface area (TPSA) is 46.6 Å². The van der Waals surface area contributed by atoms with Crippen molar-refractivity contribution in [2.45, 2.75) is 24.9 Å². The van der Waals surface area contributed by atoms with Crippen LogP contribution < -0.4 is 15.3 Å². The highest BCUT2D eigenvalue weighted by atomic mass is 19.4. The third kappa shape index (κ3) is 2.96. The van der Waals surface area contributed by atoms with Crippen LogP contribution in [-0.2, 0) is 4.84 Å². The van der Waals surface area contributed by atoms with Crippen LogP contribution in [0.15, 0.2) is 24.7 Å². The molecule has 0 amide bonds. The van der Waals surface area contributed by atoms with Gasteiger partial charge in [0.15, 0.2) is 12.4 Å². The summed E-state index contributed by atoms with van der Waals surface area (Å²) in [6.45, 7) is -1.31. The van der Waals surface area contributed by atoms with Crippen molar-refractivity contribution >= 4 is 5.82 Å². The van der Waals surface area contributed by atoms with Crippen molar-refractivity contribution in [2.75, 3.05) is 11.6 Å². The van der Waals surface area contributed by atoms with Gasteiger partial charge < -0.3 is 9.57 Å². The maximum absolute atomic E-state index is 12.3. The van der Waals surface area contributed by atoms with Crippen molar-refractivity contribution in [1.29, 1.82) is 0 Å². The summed E-state index contributed by atoms with van der Waals surface area (Å²) < 4.78 is 41.8. The zero-order chi connectivity index (χ0) is 14.2. The van der Waals surface area contributed by atoms with Gasteiger partial charge in [0, 0.05) is 17.8 Å². The summed E-state index contributed by atoms with van der Waals surface area (Å²) in [5.74, 6) is 0.871. The minimum absolute atomic E-state index is 0.219. The molecule has 1 N–H and O–H groups in total. The first-order valence-electron chi connectivity index (χ1n) is 6.09. The van der Waals surface area contributed by atoms with Gasteiger partial charge in [-0.3, -0.25) is 0 Å². The number of nitrogens with one attached hydrogen (secondary N) is 1. The van der Waals surface area contributed by atoms with Crippen molar-refractivity contribution in [3.63, 3.8) is 0 Å².